The highest BCUT2D eigenvalue weighted by Gasteiger charge is 2.25. The predicted octanol–water partition coefficient (Wildman–Crippen LogP) is 4.19. The summed E-state index contributed by atoms with van der Waals surface area (Å²) in [5.74, 6) is -0.444. The highest BCUT2D eigenvalue weighted by atomic mass is 32.2. The van der Waals surface area contributed by atoms with Crippen molar-refractivity contribution < 1.29 is 13.2 Å². The average molecular weight is 475 g/mol. The number of carbonyl (C=O) groups is 1. The molecule has 0 saturated heterocycles. The first-order valence-electron chi connectivity index (χ1n) is 10.8. The SMILES string of the molecule is CCCCn1c(SC(C(N)=O)c2ccccc2)nc2cc(S(=O)(=O)N(CC)CC)ccc21. The molecule has 172 valence electrons. The van der Waals surface area contributed by atoms with Crippen molar-refractivity contribution in [2.24, 2.45) is 5.73 Å². The van der Waals surface area contributed by atoms with Crippen molar-refractivity contribution >= 4 is 38.7 Å². The van der Waals surface area contributed by atoms with Crippen molar-refractivity contribution in [3.8, 4) is 0 Å². The monoisotopic (exact) mass is 474 g/mol. The zero-order valence-electron chi connectivity index (χ0n) is 18.7. The third-order valence-corrected chi connectivity index (χ3v) is 8.66. The van der Waals surface area contributed by atoms with Gasteiger partial charge in [0.15, 0.2) is 5.16 Å². The van der Waals surface area contributed by atoms with Gasteiger partial charge in [-0.05, 0) is 30.2 Å². The summed E-state index contributed by atoms with van der Waals surface area (Å²) in [5.41, 5.74) is 7.97. The number of nitrogens with two attached hydrogens (primary N) is 1. The minimum atomic E-state index is -3.59. The lowest BCUT2D eigenvalue weighted by Gasteiger charge is -2.18. The summed E-state index contributed by atoms with van der Waals surface area (Å²) in [7, 11) is -3.59. The first kappa shape index (κ1) is 24.3. The van der Waals surface area contributed by atoms with Gasteiger partial charge in [-0.1, -0.05) is 69.3 Å². The lowest BCUT2D eigenvalue weighted by molar-refractivity contribution is -0.117. The molecule has 1 aromatic heterocycles. The number of rotatable bonds is 11. The zero-order valence-corrected chi connectivity index (χ0v) is 20.3. The lowest BCUT2D eigenvalue weighted by Crippen LogP contribution is -2.30. The summed E-state index contributed by atoms with van der Waals surface area (Å²) >= 11 is 1.30. The molecule has 0 radical (unpaired) electrons. The molecule has 1 amide bonds. The summed E-state index contributed by atoms with van der Waals surface area (Å²) in [4.78, 5) is 17.2. The zero-order chi connectivity index (χ0) is 23.3. The number of carbonyl (C=O) groups excluding carboxylic acids is 1. The van der Waals surface area contributed by atoms with Crippen LogP contribution in [0.25, 0.3) is 11.0 Å². The number of hydrogen-bond acceptors (Lipinski definition) is 5. The number of nitrogens with zero attached hydrogens (tertiary/aromatic N) is 3. The molecular formula is C23H30N4O3S2. The fourth-order valence-corrected chi connectivity index (χ4v) is 6.17. The number of sulfonamides is 1. The van der Waals surface area contributed by atoms with Crippen LogP contribution >= 0.6 is 11.8 Å². The van der Waals surface area contributed by atoms with Gasteiger partial charge in [-0.25, -0.2) is 13.4 Å². The highest BCUT2D eigenvalue weighted by Crippen LogP contribution is 2.37. The number of imidazole rings is 1. The van der Waals surface area contributed by atoms with E-state index in [2.05, 4.69) is 11.5 Å². The number of aryl methyl sites for hydroxylation is 1. The largest absolute Gasteiger partial charge is 0.368 e. The van der Waals surface area contributed by atoms with Gasteiger partial charge in [-0.15, -0.1) is 0 Å². The van der Waals surface area contributed by atoms with Gasteiger partial charge >= 0.3 is 0 Å². The molecule has 7 nitrogen and oxygen atoms in total. The van der Waals surface area contributed by atoms with Crippen molar-refractivity contribution in [1.29, 1.82) is 0 Å². The Morgan fingerprint density at radius 3 is 2.41 bits per heavy atom. The second kappa shape index (κ2) is 10.5. The summed E-state index contributed by atoms with van der Waals surface area (Å²) in [6.07, 6.45) is 1.93. The Morgan fingerprint density at radius 1 is 1.12 bits per heavy atom. The van der Waals surface area contributed by atoms with Crippen LogP contribution in [0.4, 0.5) is 0 Å². The molecule has 1 unspecified atom stereocenters. The first-order chi connectivity index (χ1) is 15.3. The van der Waals surface area contributed by atoms with E-state index in [9.17, 15) is 13.2 Å². The number of amides is 1. The smallest absolute Gasteiger partial charge is 0.243 e. The number of thioether (sulfide) groups is 1. The second-order valence-corrected chi connectivity index (χ2v) is 10.5. The Hall–Kier alpha value is -2.36. The van der Waals surface area contributed by atoms with Gasteiger partial charge in [0.2, 0.25) is 15.9 Å². The molecule has 0 saturated carbocycles. The Labute approximate surface area is 194 Å². The van der Waals surface area contributed by atoms with Crippen molar-refractivity contribution in [2.45, 2.75) is 55.5 Å². The molecule has 3 aromatic rings. The molecule has 0 spiro atoms. The molecule has 2 N–H and O–H groups in total. The molecule has 0 aliphatic carbocycles. The molecule has 1 heterocycles. The molecular weight excluding hydrogens is 444 g/mol. The van der Waals surface area contributed by atoms with Crippen molar-refractivity contribution in [3.05, 3.63) is 54.1 Å². The van der Waals surface area contributed by atoms with E-state index < -0.39 is 21.2 Å². The fraction of sp³-hybridized carbons (Fsp3) is 0.391. The standard InChI is InChI=1S/C23H30N4O3S2/c1-4-7-15-27-20-14-13-18(32(29,30)26(5-2)6-3)16-19(20)25-23(27)31-21(22(24)28)17-11-9-8-10-12-17/h8-14,16,21H,4-7,15H2,1-3H3,(H2,24,28). The molecule has 3 rings (SSSR count). The molecule has 0 fully saturated rings. The summed E-state index contributed by atoms with van der Waals surface area (Å²) in [6.45, 7) is 7.28. The van der Waals surface area contributed by atoms with E-state index in [0.717, 1.165) is 30.5 Å². The third kappa shape index (κ3) is 5.00. The number of benzene rings is 2. The number of aromatic nitrogens is 2. The number of hydrogen-bond donors (Lipinski definition) is 1. The minimum Gasteiger partial charge on any atom is -0.368 e. The van der Waals surface area contributed by atoms with Gasteiger partial charge in [-0.3, -0.25) is 4.79 Å². The normalized spacial score (nSPS) is 13.0. The van der Waals surface area contributed by atoms with E-state index in [-0.39, 0.29) is 4.90 Å². The molecule has 0 bridgehead atoms. The lowest BCUT2D eigenvalue weighted by atomic mass is 10.1. The highest BCUT2D eigenvalue weighted by molar-refractivity contribution is 8.00. The maximum atomic E-state index is 13.0. The molecule has 9 heteroatoms. The van der Waals surface area contributed by atoms with Gasteiger partial charge in [0.1, 0.15) is 5.25 Å². The van der Waals surface area contributed by atoms with Crippen LogP contribution in [0, 0.1) is 0 Å². The van der Waals surface area contributed by atoms with Crippen molar-refractivity contribution in [2.75, 3.05) is 13.1 Å². The Bertz CT molecular complexity index is 1170. The average Bonchev–Trinajstić information content (AvgIpc) is 3.13. The van der Waals surface area contributed by atoms with Gasteiger partial charge < -0.3 is 10.3 Å². The van der Waals surface area contributed by atoms with Crippen LogP contribution in [-0.4, -0.2) is 41.3 Å². The number of primary amides is 1. The molecule has 0 aliphatic rings. The maximum absolute atomic E-state index is 13.0. The van der Waals surface area contributed by atoms with Gasteiger partial charge in [0.05, 0.1) is 15.9 Å². The van der Waals surface area contributed by atoms with E-state index in [4.69, 9.17) is 10.7 Å². The van der Waals surface area contributed by atoms with E-state index in [1.54, 1.807) is 18.2 Å². The van der Waals surface area contributed by atoms with Crippen LogP contribution in [0.2, 0.25) is 0 Å². The number of unbranched alkanes of at least 4 members (excludes halogenated alkanes) is 1. The molecule has 32 heavy (non-hydrogen) atoms. The predicted molar refractivity (Wildman–Crippen MR) is 129 cm³/mol. The second-order valence-electron chi connectivity index (χ2n) is 7.45. The van der Waals surface area contributed by atoms with Gasteiger partial charge in [0.25, 0.3) is 0 Å². The molecule has 1 atom stereocenters. The molecule has 2 aromatic carbocycles. The quantitative estimate of drug-likeness (QED) is 0.420. The van der Waals surface area contributed by atoms with Crippen LogP contribution < -0.4 is 5.73 Å². The van der Waals surface area contributed by atoms with E-state index in [0.29, 0.717) is 23.8 Å². The Balaban J connectivity index is 2.08. The van der Waals surface area contributed by atoms with Crippen molar-refractivity contribution in [1.82, 2.24) is 13.9 Å². The van der Waals surface area contributed by atoms with E-state index >= 15 is 0 Å². The van der Waals surface area contributed by atoms with Crippen LogP contribution in [0.1, 0.15) is 44.4 Å². The summed E-state index contributed by atoms with van der Waals surface area (Å²) in [5, 5.41) is 0.0609. The molecule has 0 aliphatic heterocycles. The summed E-state index contributed by atoms with van der Waals surface area (Å²) < 4.78 is 29.4. The third-order valence-electron chi connectivity index (χ3n) is 5.35. The maximum Gasteiger partial charge on any atom is 0.243 e. The van der Waals surface area contributed by atoms with Crippen molar-refractivity contribution in [3.63, 3.8) is 0 Å². The summed E-state index contributed by atoms with van der Waals surface area (Å²) in [6, 6.07) is 14.4. The van der Waals surface area contributed by atoms with E-state index in [1.165, 1.54) is 16.1 Å². The van der Waals surface area contributed by atoms with Crippen LogP contribution in [-0.2, 0) is 21.4 Å². The van der Waals surface area contributed by atoms with Crippen LogP contribution in [0.15, 0.2) is 58.6 Å². The topological polar surface area (TPSA) is 98.3 Å². The fourth-order valence-electron chi connectivity index (χ4n) is 3.61. The first-order valence-corrected chi connectivity index (χ1v) is 13.2. The van der Waals surface area contributed by atoms with Crippen LogP contribution in [0.5, 0.6) is 0 Å². The van der Waals surface area contributed by atoms with E-state index in [1.807, 2.05) is 44.2 Å². The van der Waals surface area contributed by atoms with Gasteiger partial charge in [-0.2, -0.15) is 4.31 Å². The number of fused-ring (bicyclic) bond motifs is 1. The minimum absolute atomic E-state index is 0.222. The van der Waals surface area contributed by atoms with Crippen LogP contribution in [0.3, 0.4) is 0 Å². The Kier molecular flexibility index (Phi) is 7.97. The Morgan fingerprint density at radius 2 is 1.81 bits per heavy atom. The van der Waals surface area contributed by atoms with Gasteiger partial charge in [0, 0.05) is 19.6 Å².